The van der Waals surface area contributed by atoms with Gasteiger partial charge >= 0.3 is 5.97 Å². The van der Waals surface area contributed by atoms with E-state index in [-0.39, 0.29) is 16.0 Å². The zero-order valence-electron chi connectivity index (χ0n) is 10.7. The summed E-state index contributed by atoms with van der Waals surface area (Å²) in [4.78, 5) is 10.9. The van der Waals surface area contributed by atoms with Crippen molar-refractivity contribution in [3.05, 3.63) is 28.8 Å². The van der Waals surface area contributed by atoms with Crippen molar-refractivity contribution in [3.8, 4) is 0 Å². The summed E-state index contributed by atoms with van der Waals surface area (Å²) in [5.74, 6) is -0.993. The first-order valence-corrected chi connectivity index (χ1v) is 6.57. The van der Waals surface area contributed by atoms with Gasteiger partial charge in [-0.25, -0.2) is 4.79 Å². The van der Waals surface area contributed by atoms with Gasteiger partial charge in [0.05, 0.1) is 10.6 Å². The molecule has 1 aliphatic rings. The van der Waals surface area contributed by atoms with Gasteiger partial charge in [-0.3, -0.25) is 0 Å². The Balaban J connectivity index is 2.16. The maximum Gasteiger partial charge on any atom is 0.337 e. The second-order valence-electron chi connectivity index (χ2n) is 5.58. The molecule has 2 rings (SSSR count). The summed E-state index contributed by atoms with van der Waals surface area (Å²) in [6.45, 7) is 4.51. The van der Waals surface area contributed by atoms with Crippen LogP contribution in [0.15, 0.2) is 18.2 Å². The maximum absolute atomic E-state index is 10.9. The lowest BCUT2D eigenvalue weighted by molar-refractivity contribution is 0.0697. The Hall–Kier alpha value is -1.22. The average molecular weight is 268 g/mol. The number of rotatable bonds is 3. The summed E-state index contributed by atoms with van der Waals surface area (Å²) in [6.07, 6.45) is 3.59. The monoisotopic (exact) mass is 267 g/mol. The molecule has 98 valence electrons. The second-order valence-corrected chi connectivity index (χ2v) is 5.98. The van der Waals surface area contributed by atoms with Crippen molar-refractivity contribution in [2.75, 3.05) is 5.32 Å². The van der Waals surface area contributed by atoms with Crippen LogP contribution >= 0.6 is 11.6 Å². The van der Waals surface area contributed by atoms with Gasteiger partial charge in [-0.15, -0.1) is 0 Å². The molecule has 1 aromatic rings. The third kappa shape index (κ3) is 2.61. The van der Waals surface area contributed by atoms with Crippen LogP contribution in [0.2, 0.25) is 5.02 Å². The molecule has 18 heavy (non-hydrogen) atoms. The first-order valence-electron chi connectivity index (χ1n) is 6.19. The van der Waals surface area contributed by atoms with Crippen molar-refractivity contribution in [1.29, 1.82) is 0 Å². The van der Waals surface area contributed by atoms with Gasteiger partial charge < -0.3 is 10.4 Å². The van der Waals surface area contributed by atoms with Crippen LogP contribution in [-0.2, 0) is 0 Å². The molecule has 0 aromatic heterocycles. The number of carboxylic acid groups (broad SMARTS) is 1. The number of aromatic carboxylic acids is 1. The van der Waals surface area contributed by atoms with Crippen LogP contribution < -0.4 is 5.32 Å². The quantitative estimate of drug-likeness (QED) is 0.869. The third-order valence-electron chi connectivity index (χ3n) is 3.80. The minimum atomic E-state index is -0.993. The van der Waals surface area contributed by atoms with E-state index in [1.54, 1.807) is 18.2 Å². The molecule has 0 amide bonds. The topological polar surface area (TPSA) is 49.3 Å². The Morgan fingerprint density at radius 2 is 2.22 bits per heavy atom. The predicted octanol–water partition coefficient (Wildman–Crippen LogP) is 4.03. The highest BCUT2D eigenvalue weighted by atomic mass is 35.5. The first-order chi connectivity index (χ1) is 8.40. The number of hydrogen-bond acceptors (Lipinski definition) is 2. The highest BCUT2D eigenvalue weighted by Crippen LogP contribution is 2.39. The number of nitrogens with one attached hydrogen (secondary N) is 1. The highest BCUT2D eigenvalue weighted by Gasteiger charge is 2.34. The van der Waals surface area contributed by atoms with Crippen molar-refractivity contribution in [2.45, 2.75) is 39.2 Å². The number of carbonyl (C=O) groups is 1. The normalized spacial score (nSPS) is 21.8. The van der Waals surface area contributed by atoms with Crippen LogP contribution in [0.5, 0.6) is 0 Å². The lowest BCUT2D eigenvalue weighted by Gasteiger charge is -2.28. The van der Waals surface area contributed by atoms with Crippen molar-refractivity contribution in [3.63, 3.8) is 0 Å². The van der Waals surface area contributed by atoms with E-state index in [4.69, 9.17) is 16.7 Å². The summed E-state index contributed by atoms with van der Waals surface area (Å²) in [6, 6.07) is 5.45. The maximum atomic E-state index is 10.9. The van der Waals surface area contributed by atoms with E-state index in [0.29, 0.717) is 6.04 Å². The number of benzene rings is 1. The molecule has 0 heterocycles. The third-order valence-corrected chi connectivity index (χ3v) is 4.11. The largest absolute Gasteiger partial charge is 0.478 e. The van der Waals surface area contributed by atoms with Crippen LogP contribution in [0.25, 0.3) is 0 Å². The molecular formula is C14H18ClNO2. The smallest absolute Gasteiger partial charge is 0.337 e. The van der Waals surface area contributed by atoms with E-state index < -0.39 is 5.97 Å². The van der Waals surface area contributed by atoms with Crippen molar-refractivity contribution in [2.24, 2.45) is 5.41 Å². The van der Waals surface area contributed by atoms with E-state index in [2.05, 4.69) is 19.2 Å². The second kappa shape index (κ2) is 4.81. The van der Waals surface area contributed by atoms with Crippen LogP contribution in [0, 0.1) is 5.41 Å². The van der Waals surface area contributed by atoms with E-state index in [9.17, 15) is 4.79 Å². The van der Waals surface area contributed by atoms with Crippen molar-refractivity contribution in [1.82, 2.24) is 0 Å². The van der Waals surface area contributed by atoms with Crippen LogP contribution in [0.3, 0.4) is 0 Å². The Labute approximate surface area is 112 Å². The molecular weight excluding hydrogens is 250 g/mol. The minimum absolute atomic E-state index is 0.146. The lowest BCUT2D eigenvalue weighted by atomic mass is 9.87. The highest BCUT2D eigenvalue weighted by molar-refractivity contribution is 6.33. The summed E-state index contributed by atoms with van der Waals surface area (Å²) >= 11 is 5.96. The van der Waals surface area contributed by atoms with E-state index in [1.807, 2.05) is 0 Å². The zero-order chi connectivity index (χ0) is 13.3. The van der Waals surface area contributed by atoms with Crippen LogP contribution in [-0.4, -0.2) is 17.1 Å². The van der Waals surface area contributed by atoms with Gasteiger partial charge in [0.25, 0.3) is 0 Å². The Kier molecular flexibility index (Phi) is 3.53. The average Bonchev–Trinajstić information content (AvgIpc) is 2.58. The standard InChI is InChI=1S/C14H18ClNO2/c1-14(2)7-3-4-12(14)16-9-5-6-10(13(17)18)11(15)8-9/h5-6,8,12,16H,3-4,7H2,1-2H3,(H,17,18). The van der Waals surface area contributed by atoms with Gasteiger partial charge in [0.2, 0.25) is 0 Å². The molecule has 3 nitrogen and oxygen atoms in total. The van der Waals surface area contributed by atoms with Gasteiger partial charge in [0.15, 0.2) is 0 Å². The van der Waals surface area contributed by atoms with Gasteiger partial charge in [-0.1, -0.05) is 31.9 Å². The first kappa shape index (κ1) is 13.2. The van der Waals surface area contributed by atoms with Gasteiger partial charge in [-0.05, 0) is 36.5 Å². The molecule has 1 saturated carbocycles. The molecule has 1 unspecified atom stereocenters. The van der Waals surface area contributed by atoms with Crippen LogP contribution in [0.4, 0.5) is 5.69 Å². The predicted molar refractivity (Wildman–Crippen MR) is 73.5 cm³/mol. The molecule has 2 N–H and O–H groups in total. The van der Waals surface area contributed by atoms with E-state index in [0.717, 1.165) is 12.1 Å². The molecule has 0 aliphatic heterocycles. The molecule has 1 fully saturated rings. The number of anilines is 1. The minimum Gasteiger partial charge on any atom is -0.478 e. The Morgan fingerprint density at radius 3 is 2.72 bits per heavy atom. The number of halogens is 1. The summed E-state index contributed by atoms with van der Waals surface area (Å²) in [5.41, 5.74) is 1.32. The molecule has 0 bridgehead atoms. The van der Waals surface area contributed by atoms with Crippen molar-refractivity contribution >= 4 is 23.3 Å². The van der Waals surface area contributed by atoms with Crippen molar-refractivity contribution < 1.29 is 9.90 Å². The fourth-order valence-electron chi connectivity index (χ4n) is 2.57. The molecule has 0 saturated heterocycles. The molecule has 4 heteroatoms. The number of hydrogen-bond donors (Lipinski definition) is 2. The van der Waals surface area contributed by atoms with E-state index in [1.165, 1.54) is 12.8 Å². The molecule has 0 radical (unpaired) electrons. The van der Waals surface area contributed by atoms with E-state index >= 15 is 0 Å². The lowest BCUT2D eigenvalue weighted by Crippen LogP contribution is -2.30. The van der Waals surface area contributed by atoms with Gasteiger partial charge in [0, 0.05) is 11.7 Å². The zero-order valence-corrected chi connectivity index (χ0v) is 11.4. The Morgan fingerprint density at radius 1 is 1.50 bits per heavy atom. The van der Waals surface area contributed by atoms with Gasteiger partial charge in [0.1, 0.15) is 0 Å². The summed E-state index contributed by atoms with van der Waals surface area (Å²) in [5, 5.41) is 12.7. The van der Waals surface area contributed by atoms with Crippen LogP contribution in [0.1, 0.15) is 43.5 Å². The fourth-order valence-corrected chi connectivity index (χ4v) is 2.84. The molecule has 1 aromatic carbocycles. The summed E-state index contributed by atoms with van der Waals surface area (Å²) in [7, 11) is 0. The Bertz CT molecular complexity index is 471. The molecule has 1 aliphatic carbocycles. The SMILES string of the molecule is CC1(C)CCCC1Nc1ccc(C(=O)O)c(Cl)c1. The number of carboxylic acids is 1. The fraction of sp³-hybridized carbons (Fsp3) is 0.500. The molecule has 1 atom stereocenters. The van der Waals surface area contributed by atoms with Gasteiger partial charge in [-0.2, -0.15) is 0 Å². The molecule has 0 spiro atoms. The summed E-state index contributed by atoms with van der Waals surface area (Å²) < 4.78 is 0.